The van der Waals surface area contributed by atoms with E-state index in [9.17, 15) is 0 Å². The van der Waals surface area contributed by atoms with Crippen molar-refractivity contribution in [1.29, 1.82) is 0 Å². The molecule has 0 radical (unpaired) electrons. The molecule has 8 aromatic carbocycles. The predicted molar refractivity (Wildman–Crippen MR) is 225 cm³/mol. The van der Waals surface area contributed by atoms with Gasteiger partial charge in [0.05, 0.1) is 0 Å². The second kappa shape index (κ2) is 12.7. The summed E-state index contributed by atoms with van der Waals surface area (Å²) >= 11 is -4.01. The van der Waals surface area contributed by atoms with Gasteiger partial charge >= 0.3 is 302 Å². The van der Waals surface area contributed by atoms with Crippen molar-refractivity contribution < 1.29 is 0 Å². The van der Waals surface area contributed by atoms with E-state index in [1.807, 2.05) is 6.07 Å². The average Bonchev–Trinajstić information content (AvgIpc) is 3.75. The number of hydrogen-bond donors (Lipinski definition) is 0. The molecule has 2 aromatic heterocycles. The first kappa shape index (κ1) is 31.4. The SMILES string of the molecule is [C-]#[N+]c1ccc[c]([Sn]([c]2ccccc2)([c]2ccccc2)[c]2cccc(-n3c4ccccc4c4cc(-n5c6ccccc6c6ccccc65)ccc43)c2)c1. The van der Waals surface area contributed by atoms with E-state index in [-0.39, 0.29) is 0 Å². The zero-order valence-electron chi connectivity index (χ0n) is 28.9. The Morgan fingerprint density at radius 1 is 0.340 bits per heavy atom. The number of fused-ring (bicyclic) bond motifs is 6. The van der Waals surface area contributed by atoms with E-state index in [1.54, 1.807) is 0 Å². The van der Waals surface area contributed by atoms with Crippen molar-refractivity contribution in [2.45, 2.75) is 0 Å². The van der Waals surface area contributed by atoms with Gasteiger partial charge in [0.25, 0.3) is 0 Å². The first-order valence-corrected chi connectivity index (χ1v) is 23.7. The maximum absolute atomic E-state index is 7.92. The van der Waals surface area contributed by atoms with Crippen LogP contribution in [0.15, 0.2) is 200 Å². The molecular formula is C49H33N3Sn. The minimum absolute atomic E-state index is 0.674. The maximum atomic E-state index is 7.92. The van der Waals surface area contributed by atoms with E-state index in [2.05, 4.69) is 208 Å². The van der Waals surface area contributed by atoms with Crippen LogP contribution in [0.1, 0.15) is 0 Å². The van der Waals surface area contributed by atoms with Gasteiger partial charge in [-0.2, -0.15) is 0 Å². The fraction of sp³-hybridized carbons (Fsp3) is 0. The first-order chi connectivity index (χ1) is 26.3. The Hall–Kier alpha value is -6.35. The normalized spacial score (nSPS) is 11.8. The van der Waals surface area contributed by atoms with Gasteiger partial charge in [-0.25, -0.2) is 0 Å². The minimum atomic E-state index is -4.01. The van der Waals surface area contributed by atoms with Crippen LogP contribution in [0.4, 0.5) is 5.69 Å². The van der Waals surface area contributed by atoms with Gasteiger partial charge in [0.15, 0.2) is 0 Å². The molecule has 10 rings (SSSR count). The standard InChI is InChI=1S/C30H19N2.C7H4N.2C6H5.Sn/c1-2-10-21(11-3-1)31-29-17-9-6-14-25(29)26-20-22(18-19-30(26)31)32-27-15-7-4-12-23(27)24-13-5-8-16-28(24)32;1-8-7-5-3-2-4-6-7;2*1-2-4-6-5-3-1;/h1-2,4-20H;2-3,5-6H;2*1-5H;. The second-order valence-corrected chi connectivity index (χ2v) is 24.5. The molecule has 0 aliphatic heterocycles. The van der Waals surface area contributed by atoms with Gasteiger partial charge in [0, 0.05) is 0 Å². The number of benzene rings is 8. The first-order valence-electron chi connectivity index (χ1n) is 18.0. The van der Waals surface area contributed by atoms with Crippen LogP contribution in [0.25, 0.3) is 59.8 Å². The molecule has 0 saturated carbocycles. The van der Waals surface area contributed by atoms with Crippen LogP contribution in [0, 0.1) is 6.57 Å². The molecule has 0 aliphatic rings. The number of nitrogens with zero attached hydrogens (tertiary/aromatic N) is 3. The van der Waals surface area contributed by atoms with Crippen molar-refractivity contribution in [3.8, 4) is 11.4 Å². The van der Waals surface area contributed by atoms with Crippen molar-refractivity contribution in [2.24, 2.45) is 0 Å². The van der Waals surface area contributed by atoms with Gasteiger partial charge in [-0.05, 0) is 0 Å². The molecule has 0 amide bonds. The second-order valence-electron chi connectivity index (χ2n) is 13.6. The van der Waals surface area contributed by atoms with Crippen molar-refractivity contribution in [3.63, 3.8) is 0 Å². The van der Waals surface area contributed by atoms with Crippen LogP contribution in [-0.4, -0.2) is 27.5 Å². The van der Waals surface area contributed by atoms with Gasteiger partial charge in [0.1, 0.15) is 0 Å². The summed E-state index contributed by atoms with van der Waals surface area (Å²) in [6.45, 7) is 7.92. The Labute approximate surface area is 312 Å². The molecular weight excluding hydrogens is 749 g/mol. The van der Waals surface area contributed by atoms with E-state index >= 15 is 0 Å². The molecule has 248 valence electrons. The molecule has 0 spiro atoms. The van der Waals surface area contributed by atoms with Gasteiger partial charge in [-0.1, -0.05) is 12.1 Å². The van der Waals surface area contributed by atoms with Crippen LogP contribution in [0.2, 0.25) is 0 Å². The van der Waals surface area contributed by atoms with E-state index < -0.39 is 18.4 Å². The van der Waals surface area contributed by atoms with Crippen LogP contribution in [0.5, 0.6) is 0 Å². The van der Waals surface area contributed by atoms with Gasteiger partial charge in [-0.15, -0.1) is 0 Å². The molecule has 3 nitrogen and oxygen atoms in total. The predicted octanol–water partition coefficient (Wildman–Crippen LogP) is 9.81. The van der Waals surface area contributed by atoms with E-state index in [4.69, 9.17) is 6.57 Å². The van der Waals surface area contributed by atoms with Crippen LogP contribution >= 0.6 is 0 Å². The third-order valence-electron chi connectivity index (χ3n) is 10.9. The molecule has 0 fully saturated rings. The Bertz CT molecular complexity index is 2930. The summed E-state index contributed by atoms with van der Waals surface area (Å²) in [5.74, 6) is 0. The van der Waals surface area contributed by atoms with Crippen molar-refractivity contribution in [3.05, 3.63) is 212 Å². The Morgan fingerprint density at radius 3 is 1.34 bits per heavy atom. The number of para-hydroxylation sites is 3. The zero-order chi connectivity index (χ0) is 35.4. The summed E-state index contributed by atoms with van der Waals surface area (Å²) in [4.78, 5) is 3.89. The van der Waals surface area contributed by atoms with Crippen molar-refractivity contribution in [1.82, 2.24) is 9.13 Å². The summed E-state index contributed by atoms with van der Waals surface area (Å²) in [5, 5.41) is 4.96. The Morgan fingerprint density at radius 2 is 0.774 bits per heavy atom. The fourth-order valence-electron chi connectivity index (χ4n) is 8.64. The van der Waals surface area contributed by atoms with Crippen molar-refractivity contribution in [2.75, 3.05) is 0 Å². The summed E-state index contributed by atoms with van der Waals surface area (Å²) in [5.41, 5.74) is 7.71. The van der Waals surface area contributed by atoms with Gasteiger partial charge < -0.3 is 0 Å². The third-order valence-corrected chi connectivity index (χ3v) is 24.4. The van der Waals surface area contributed by atoms with E-state index in [1.165, 1.54) is 57.9 Å². The van der Waals surface area contributed by atoms with E-state index in [0.29, 0.717) is 5.69 Å². The molecule has 2 heterocycles. The monoisotopic (exact) mass is 783 g/mol. The molecule has 0 saturated heterocycles. The van der Waals surface area contributed by atoms with Gasteiger partial charge in [0.2, 0.25) is 0 Å². The molecule has 0 aliphatic carbocycles. The van der Waals surface area contributed by atoms with Crippen molar-refractivity contribution >= 4 is 82.0 Å². The number of aromatic nitrogens is 2. The third kappa shape index (κ3) is 4.87. The fourth-order valence-corrected chi connectivity index (χ4v) is 22.4. The number of hydrogen-bond acceptors (Lipinski definition) is 0. The molecule has 0 unspecified atom stereocenters. The van der Waals surface area contributed by atoms with Crippen LogP contribution in [-0.2, 0) is 0 Å². The molecule has 10 aromatic rings. The average molecular weight is 783 g/mol. The summed E-state index contributed by atoms with van der Waals surface area (Å²) in [7, 11) is 0. The quantitative estimate of drug-likeness (QED) is 0.118. The Balaban J connectivity index is 1.24. The summed E-state index contributed by atoms with van der Waals surface area (Å²) < 4.78 is 10.1. The van der Waals surface area contributed by atoms with Gasteiger partial charge in [-0.3, -0.25) is 0 Å². The van der Waals surface area contributed by atoms with Crippen LogP contribution in [0.3, 0.4) is 0 Å². The summed E-state index contributed by atoms with van der Waals surface area (Å²) in [6, 6.07) is 72.8. The topological polar surface area (TPSA) is 14.2 Å². The molecule has 0 bridgehead atoms. The molecule has 53 heavy (non-hydrogen) atoms. The number of rotatable bonds is 6. The summed E-state index contributed by atoms with van der Waals surface area (Å²) in [6.07, 6.45) is 0. The Kier molecular flexibility index (Phi) is 7.52. The zero-order valence-corrected chi connectivity index (χ0v) is 31.7. The molecule has 4 heteroatoms. The molecule has 0 N–H and O–H groups in total. The molecule has 0 atom stereocenters. The van der Waals surface area contributed by atoms with Crippen LogP contribution < -0.4 is 14.3 Å². The van der Waals surface area contributed by atoms with E-state index in [0.717, 1.165) is 11.4 Å².